The van der Waals surface area contributed by atoms with Gasteiger partial charge in [0.05, 0.1) is 7.11 Å². The summed E-state index contributed by atoms with van der Waals surface area (Å²) in [7, 11) is 1.59. The molecule has 19 heavy (non-hydrogen) atoms. The highest BCUT2D eigenvalue weighted by Crippen LogP contribution is 2.13. The van der Waals surface area contributed by atoms with Crippen LogP contribution in [-0.4, -0.2) is 23.0 Å². The summed E-state index contributed by atoms with van der Waals surface area (Å²) in [6, 6.07) is 7.21. The van der Waals surface area contributed by atoms with Gasteiger partial charge in [-0.1, -0.05) is 12.1 Å². The van der Waals surface area contributed by atoms with Gasteiger partial charge >= 0.3 is 5.97 Å². The van der Waals surface area contributed by atoms with Crippen molar-refractivity contribution in [2.45, 2.75) is 6.61 Å². The number of nitrogens with two attached hydrogens (primary N) is 1. The van der Waals surface area contributed by atoms with Crippen molar-refractivity contribution in [2.75, 3.05) is 12.8 Å². The zero-order valence-electron chi connectivity index (χ0n) is 10.4. The lowest BCUT2D eigenvalue weighted by Crippen LogP contribution is -2.11. The van der Waals surface area contributed by atoms with E-state index in [1.165, 1.54) is 12.4 Å². The SMILES string of the molecule is COc1ccc(COC(=O)c2nccnc2N)cc1. The van der Waals surface area contributed by atoms with Crippen LogP contribution < -0.4 is 10.5 Å². The van der Waals surface area contributed by atoms with Gasteiger partial charge in [-0.3, -0.25) is 0 Å². The Labute approximate surface area is 110 Å². The molecular weight excluding hydrogens is 246 g/mol. The number of hydrogen-bond donors (Lipinski definition) is 1. The maximum Gasteiger partial charge on any atom is 0.361 e. The van der Waals surface area contributed by atoms with Crippen LogP contribution in [0.4, 0.5) is 5.82 Å². The van der Waals surface area contributed by atoms with Crippen LogP contribution in [0.3, 0.4) is 0 Å². The molecule has 2 N–H and O–H groups in total. The lowest BCUT2D eigenvalue weighted by atomic mass is 10.2. The minimum atomic E-state index is -0.596. The number of hydrogen-bond acceptors (Lipinski definition) is 6. The molecule has 1 heterocycles. The molecule has 0 atom stereocenters. The molecule has 0 amide bonds. The van der Waals surface area contributed by atoms with Gasteiger partial charge in [-0.25, -0.2) is 14.8 Å². The Balaban J connectivity index is 1.98. The number of anilines is 1. The van der Waals surface area contributed by atoms with E-state index < -0.39 is 5.97 Å². The predicted octanol–water partition coefficient (Wildman–Crippen LogP) is 1.42. The number of nitrogens with zero attached hydrogens (tertiary/aromatic N) is 2. The molecule has 6 heteroatoms. The van der Waals surface area contributed by atoms with Gasteiger partial charge in [-0.05, 0) is 17.7 Å². The second kappa shape index (κ2) is 5.81. The van der Waals surface area contributed by atoms with Crippen molar-refractivity contribution in [2.24, 2.45) is 0 Å². The van der Waals surface area contributed by atoms with Crippen LogP contribution in [0.2, 0.25) is 0 Å². The molecule has 0 spiro atoms. The van der Waals surface area contributed by atoms with Gasteiger partial charge in [0.2, 0.25) is 0 Å². The monoisotopic (exact) mass is 259 g/mol. The number of esters is 1. The van der Waals surface area contributed by atoms with Crippen molar-refractivity contribution >= 4 is 11.8 Å². The second-order valence-electron chi connectivity index (χ2n) is 3.71. The van der Waals surface area contributed by atoms with E-state index in [1.54, 1.807) is 19.2 Å². The van der Waals surface area contributed by atoms with E-state index in [0.29, 0.717) is 0 Å². The highest BCUT2D eigenvalue weighted by molar-refractivity contribution is 5.91. The van der Waals surface area contributed by atoms with Crippen LogP contribution in [0.15, 0.2) is 36.7 Å². The van der Waals surface area contributed by atoms with E-state index in [9.17, 15) is 4.79 Å². The first kappa shape index (κ1) is 12.8. The largest absolute Gasteiger partial charge is 0.497 e. The Morgan fingerprint density at radius 1 is 1.21 bits per heavy atom. The quantitative estimate of drug-likeness (QED) is 0.835. The average Bonchev–Trinajstić information content (AvgIpc) is 2.46. The summed E-state index contributed by atoms with van der Waals surface area (Å²) in [5.74, 6) is 0.205. The standard InChI is InChI=1S/C13H13N3O3/c1-18-10-4-2-9(3-5-10)8-19-13(17)11-12(14)16-7-6-15-11/h2-7H,8H2,1H3,(H2,14,16). The molecular formula is C13H13N3O3. The second-order valence-corrected chi connectivity index (χ2v) is 3.71. The third kappa shape index (κ3) is 3.19. The zero-order valence-corrected chi connectivity index (χ0v) is 10.4. The van der Waals surface area contributed by atoms with E-state index >= 15 is 0 Å². The molecule has 2 rings (SSSR count). The van der Waals surface area contributed by atoms with Gasteiger partial charge < -0.3 is 15.2 Å². The minimum Gasteiger partial charge on any atom is -0.497 e. The smallest absolute Gasteiger partial charge is 0.361 e. The number of aromatic nitrogens is 2. The topological polar surface area (TPSA) is 87.3 Å². The Bertz CT molecular complexity index is 570. The van der Waals surface area contributed by atoms with Crippen molar-refractivity contribution in [3.8, 4) is 5.75 Å². The first-order valence-electron chi connectivity index (χ1n) is 5.57. The lowest BCUT2D eigenvalue weighted by molar-refractivity contribution is 0.0466. The van der Waals surface area contributed by atoms with Crippen molar-refractivity contribution in [3.63, 3.8) is 0 Å². The summed E-state index contributed by atoms with van der Waals surface area (Å²) in [6.07, 6.45) is 2.80. The van der Waals surface area contributed by atoms with Crippen LogP contribution in [0.5, 0.6) is 5.75 Å². The average molecular weight is 259 g/mol. The Morgan fingerprint density at radius 2 is 1.89 bits per heavy atom. The fourth-order valence-corrected chi connectivity index (χ4v) is 1.45. The van der Waals surface area contributed by atoms with Crippen LogP contribution in [0.25, 0.3) is 0 Å². The molecule has 0 radical (unpaired) electrons. The van der Waals surface area contributed by atoms with Crippen molar-refractivity contribution in [1.29, 1.82) is 0 Å². The van der Waals surface area contributed by atoms with Gasteiger partial charge in [0.1, 0.15) is 12.4 Å². The highest BCUT2D eigenvalue weighted by Gasteiger charge is 2.13. The number of methoxy groups -OCH3 is 1. The molecule has 0 fully saturated rings. The van der Waals surface area contributed by atoms with Crippen molar-refractivity contribution < 1.29 is 14.3 Å². The fourth-order valence-electron chi connectivity index (χ4n) is 1.45. The third-order valence-electron chi connectivity index (χ3n) is 2.45. The minimum absolute atomic E-state index is 0.0241. The molecule has 1 aromatic heterocycles. The van der Waals surface area contributed by atoms with Gasteiger partial charge in [0.25, 0.3) is 0 Å². The Kier molecular flexibility index (Phi) is 3.92. The summed E-state index contributed by atoms with van der Waals surface area (Å²) in [5, 5.41) is 0. The molecule has 0 aliphatic heterocycles. The van der Waals surface area contributed by atoms with E-state index in [-0.39, 0.29) is 18.1 Å². The molecule has 0 saturated carbocycles. The maximum absolute atomic E-state index is 11.7. The molecule has 0 saturated heterocycles. The lowest BCUT2D eigenvalue weighted by Gasteiger charge is -2.06. The number of carbonyl (C=O) groups is 1. The van der Waals surface area contributed by atoms with E-state index in [2.05, 4.69) is 9.97 Å². The van der Waals surface area contributed by atoms with Gasteiger partial charge in [0, 0.05) is 12.4 Å². The number of carbonyl (C=O) groups excluding carboxylic acids is 1. The number of ether oxygens (including phenoxy) is 2. The van der Waals surface area contributed by atoms with E-state index in [0.717, 1.165) is 11.3 Å². The fraction of sp³-hybridized carbons (Fsp3) is 0.154. The number of nitrogen functional groups attached to an aromatic ring is 1. The van der Waals surface area contributed by atoms with Gasteiger partial charge in [-0.15, -0.1) is 0 Å². The summed E-state index contributed by atoms with van der Waals surface area (Å²) in [6.45, 7) is 0.138. The number of rotatable bonds is 4. The number of benzene rings is 1. The van der Waals surface area contributed by atoms with Crippen LogP contribution in [-0.2, 0) is 11.3 Å². The van der Waals surface area contributed by atoms with Crippen molar-refractivity contribution in [3.05, 3.63) is 47.9 Å². The molecule has 0 aliphatic rings. The van der Waals surface area contributed by atoms with E-state index in [1.807, 2.05) is 12.1 Å². The summed E-state index contributed by atoms with van der Waals surface area (Å²) < 4.78 is 10.1. The molecule has 98 valence electrons. The van der Waals surface area contributed by atoms with Gasteiger partial charge in [-0.2, -0.15) is 0 Å². The van der Waals surface area contributed by atoms with Crippen LogP contribution in [0, 0.1) is 0 Å². The molecule has 1 aromatic carbocycles. The molecule has 6 nitrogen and oxygen atoms in total. The molecule has 0 bridgehead atoms. The first-order chi connectivity index (χ1) is 9.20. The Hall–Kier alpha value is -2.63. The van der Waals surface area contributed by atoms with Crippen LogP contribution >= 0.6 is 0 Å². The van der Waals surface area contributed by atoms with E-state index in [4.69, 9.17) is 15.2 Å². The van der Waals surface area contributed by atoms with Crippen molar-refractivity contribution in [1.82, 2.24) is 9.97 Å². The maximum atomic E-state index is 11.7. The van der Waals surface area contributed by atoms with Crippen LogP contribution in [0.1, 0.15) is 16.1 Å². The third-order valence-corrected chi connectivity index (χ3v) is 2.45. The summed E-state index contributed by atoms with van der Waals surface area (Å²) >= 11 is 0. The molecule has 0 aliphatic carbocycles. The zero-order chi connectivity index (χ0) is 13.7. The summed E-state index contributed by atoms with van der Waals surface area (Å²) in [5.41, 5.74) is 6.41. The highest BCUT2D eigenvalue weighted by atomic mass is 16.5. The predicted molar refractivity (Wildman–Crippen MR) is 68.6 cm³/mol. The van der Waals surface area contributed by atoms with Gasteiger partial charge in [0.15, 0.2) is 11.5 Å². The Morgan fingerprint density at radius 3 is 2.53 bits per heavy atom. The first-order valence-corrected chi connectivity index (χ1v) is 5.57. The summed E-state index contributed by atoms with van der Waals surface area (Å²) in [4.78, 5) is 19.3. The molecule has 0 unspecified atom stereocenters. The molecule has 2 aromatic rings. The normalized spacial score (nSPS) is 9.95.